The summed E-state index contributed by atoms with van der Waals surface area (Å²) in [6, 6.07) is 70.3. The van der Waals surface area contributed by atoms with Gasteiger partial charge in [0.1, 0.15) is 0 Å². The molecule has 12 rings (SSSR count). The van der Waals surface area contributed by atoms with Crippen LogP contribution in [0.25, 0.3) is 110 Å². The lowest BCUT2D eigenvalue weighted by Crippen LogP contribution is -2.31. The van der Waals surface area contributed by atoms with E-state index >= 15 is 0 Å². The molecule has 0 aliphatic heterocycles. The van der Waals surface area contributed by atoms with Crippen molar-refractivity contribution in [2.45, 2.75) is 0 Å². The third-order valence-corrected chi connectivity index (χ3v) is 13.0. The van der Waals surface area contributed by atoms with Crippen molar-refractivity contribution in [3.8, 4) is 44.8 Å². The molecule has 0 bridgehead atoms. The van der Waals surface area contributed by atoms with Gasteiger partial charge in [-0.2, -0.15) is 0 Å². The second-order valence-corrected chi connectivity index (χ2v) is 16.5. The lowest BCUT2D eigenvalue weighted by molar-refractivity contribution is 0.424. The minimum Gasteiger partial charge on any atom is -0.423 e. The van der Waals surface area contributed by atoms with Crippen molar-refractivity contribution in [3.05, 3.63) is 206 Å². The number of benzene rings is 10. The molecule has 8 heteroatoms. The predicted octanol–water partition coefficient (Wildman–Crippen LogP) is 10.5. The van der Waals surface area contributed by atoms with E-state index < -0.39 is 14.2 Å². The monoisotopic (exact) mass is 824 g/mol. The Balaban J connectivity index is 0.996. The molecule has 64 heavy (non-hydrogen) atoms. The molecular formula is C56H38B2N2O4. The maximum atomic E-state index is 11.0. The Labute approximate surface area is 369 Å². The zero-order chi connectivity index (χ0) is 43.1. The Bertz CT molecular complexity index is 3800. The van der Waals surface area contributed by atoms with Gasteiger partial charge in [-0.1, -0.05) is 158 Å². The summed E-state index contributed by atoms with van der Waals surface area (Å²) in [6.07, 6.45) is 0. The van der Waals surface area contributed by atoms with Crippen molar-refractivity contribution >= 4 is 90.3 Å². The predicted molar refractivity (Wildman–Crippen MR) is 266 cm³/mol. The van der Waals surface area contributed by atoms with E-state index in [4.69, 9.17) is 0 Å². The zero-order valence-corrected chi connectivity index (χ0v) is 34.5. The molecule has 12 aromatic rings. The summed E-state index contributed by atoms with van der Waals surface area (Å²) < 4.78 is 4.60. The van der Waals surface area contributed by atoms with Crippen molar-refractivity contribution in [2.24, 2.45) is 0 Å². The quantitative estimate of drug-likeness (QED) is 0.121. The molecule has 0 saturated heterocycles. The SMILES string of the molecule is OB(O)c1ccccc1-c1ccc(-n2c3ccccc3c3c(-c4ccc(-c5ccc(-n6c7ccccc7c7c8ccccc8ccc76)cc5)c(B(O)O)c4)cc4ccccc4c32)cc1. The van der Waals surface area contributed by atoms with Crippen LogP contribution in [0.4, 0.5) is 0 Å². The Kier molecular flexibility index (Phi) is 8.90. The lowest BCUT2D eigenvalue weighted by Gasteiger charge is -2.16. The average molecular weight is 825 g/mol. The molecule has 0 aliphatic carbocycles. The van der Waals surface area contributed by atoms with E-state index in [-0.39, 0.29) is 0 Å². The molecule has 0 amide bonds. The fourth-order valence-corrected chi connectivity index (χ4v) is 10.1. The third-order valence-electron chi connectivity index (χ3n) is 13.0. The Morgan fingerprint density at radius 2 is 0.828 bits per heavy atom. The van der Waals surface area contributed by atoms with Gasteiger partial charge in [0, 0.05) is 38.3 Å². The fourth-order valence-electron chi connectivity index (χ4n) is 10.1. The van der Waals surface area contributed by atoms with Gasteiger partial charge in [0.05, 0.1) is 22.1 Å². The minimum absolute atomic E-state index is 0.419. The molecule has 0 fully saturated rings. The van der Waals surface area contributed by atoms with Gasteiger partial charge < -0.3 is 29.2 Å². The van der Waals surface area contributed by atoms with Crippen LogP contribution in [-0.2, 0) is 0 Å². The van der Waals surface area contributed by atoms with Crippen LogP contribution < -0.4 is 10.9 Å². The van der Waals surface area contributed by atoms with Gasteiger partial charge in [-0.3, -0.25) is 0 Å². The first-order valence-corrected chi connectivity index (χ1v) is 21.5. The normalized spacial score (nSPS) is 11.8. The highest BCUT2D eigenvalue weighted by molar-refractivity contribution is 6.61. The molecule has 0 radical (unpaired) electrons. The number of hydrogen-bond donors (Lipinski definition) is 4. The van der Waals surface area contributed by atoms with Gasteiger partial charge in [0.15, 0.2) is 0 Å². The number of para-hydroxylation sites is 2. The zero-order valence-electron chi connectivity index (χ0n) is 34.5. The number of fused-ring (bicyclic) bond motifs is 10. The van der Waals surface area contributed by atoms with Crippen LogP contribution in [0, 0.1) is 0 Å². The van der Waals surface area contributed by atoms with Gasteiger partial charge in [0.2, 0.25) is 0 Å². The summed E-state index contributed by atoms with van der Waals surface area (Å²) in [6.45, 7) is 0. The first-order valence-electron chi connectivity index (χ1n) is 21.5. The molecule has 0 spiro atoms. The molecule has 0 aliphatic rings. The van der Waals surface area contributed by atoms with E-state index in [9.17, 15) is 20.1 Å². The van der Waals surface area contributed by atoms with Crippen molar-refractivity contribution < 1.29 is 20.1 Å². The summed E-state index contributed by atoms with van der Waals surface area (Å²) in [7, 11) is -3.30. The van der Waals surface area contributed by atoms with Gasteiger partial charge in [-0.15, -0.1) is 0 Å². The van der Waals surface area contributed by atoms with Gasteiger partial charge in [0.25, 0.3) is 0 Å². The molecule has 4 N–H and O–H groups in total. The van der Waals surface area contributed by atoms with Crippen molar-refractivity contribution in [2.75, 3.05) is 0 Å². The summed E-state index contributed by atoms with van der Waals surface area (Å²) in [5.41, 5.74) is 12.3. The largest absolute Gasteiger partial charge is 0.489 e. The first kappa shape index (κ1) is 38.0. The minimum atomic E-state index is -1.71. The van der Waals surface area contributed by atoms with Crippen molar-refractivity contribution in [1.82, 2.24) is 9.13 Å². The summed E-state index contributed by atoms with van der Waals surface area (Å²) >= 11 is 0. The second kappa shape index (κ2) is 15.0. The number of nitrogens with zero attached hydrogens (tertiary/aromatic N) is 2. The molecule has 10 aromatic carbocycles. The molecule has 0 saturated carbocycles. The van der Waals surface area contributed by atoms with Crippen molar-refractivity contribution in [3.63, 3.8) is 0 Å². The third kappa shape index (κ3) is 5.93. The Morgan fingerprint density at radius 3 is 1.52 bits per heavy atom. The van der Waals surface area contributed by atoms with Crippen LogP contribution in [0.5, 0.6) is 0 Å². The number of aromatic nitrogens is 2. The molecule has 302 valence electrons. The summed E-state index contributed by atoms with van der Waals surface area (Å²) in [5.74, 6) is 0. The van der Waals surface area contributed by atoms with E-state index in [1.54, 1.807) is 12.1 Å². The van der Waals surface area contributed by atoms with Gasteiger partial charge in [-0.05, 0) is 109 Å². The summed E-state index contributed by atoms with van der Waals surface area (Å²) in [5, 5.41) is 51.4. The van der Waals surface area contributed by atoms with Crippen LogP contribution >= 0.6 is 0 Å². The average Bonchev–Trinajstić information content (AvgIpc) is 3.88. The van der Waals surface area contributed by atoms with Crippen LogP contribution in [0.1, 0.15) is 0 Å². The van der Waals surface area contributed by atoms with Crippen LogP contribution in [0.2, 0.25) is 0 Å². The number of rotatable bonds is 7. The molecule has 2 aromatic heterocycles. The van der Waals surface area contributed by atoms with E-state index in [1.807, 2.05) is 42.5 Å². The molecule has 0 unspecified atom stereocenters. The van der Waals surface area contributed by atoms with Crippen LogP contribution in [-0.4, -0.2) is 43.5 Å². The Morgan fingerprint density at radius 1 is 0.312 bits per heavy atom. The summed E-state index contributed by atoms with van der Waals surface area (Å²) in [4.78, 5) is 0. The lowest BCUT2D eigenvalue weighted by atomic mass is 9.74. The van der Waals surface area contributed by atoms with Gasteiger partial charge in [-0.25, -0.2) is 0 Å². The topological polar surface area (TPSA) is 90.8 Å². The number of hydrogen-bond acceptors (Lipinski definition) is 4. The maximum absolute atomic E-state index is 11.0. The van der Waals surface area contributed by atoms with E-state index in [1.165, 1.54) is 21.5 Å². The molecular weight excluding hydrogens is 786 g/mol. The highest BCUT2D eigenvalue weighted by Crippen LogP contribution is 2.43. The standard InChI is InChI=1S/C56H38B2N2O4/c61-57(62)49-18-8-5-13-42(49)36-23-29-41(30-24-36)60-52-20-10-7-17-47(52)55-48(33-38-12-2-4-15-45(38)56(55)60)39-25-31-43(50(34-39)58(63)64)37-21-27-40(28-22-37)59-51-19-9-6-16-46(51)54-44-14-3-1-11-35(44)26-32-53(54)59/h1-34,61-64H. The van der Waals surface area contributed by atoms with Crippen LogP contribution in [0.15, 0.2) is 206 Å². The molecule has 2 heterocycles. The maximum Gasteiger partial charge on any atom is 0.489 e. The van der Waals surface area contributed by atoms with Crippen molar-refractivity contribution in [1.29, 1.82) is 0 Å². The van der Waals surface area contributed by atoms with Crippen LogP contribution in [0.3, 0.4) is 0 Å². The van der Waals surface area contributed by atoms with E-state index in [0.717, 1.165) is 88.4 Å². The smallest absolute Gasteiger partial charge is 0.423 e. The highest BCUT2D eigenvalue weighted by atomic mass is 16.4. The fraction of sp³-hybridized carbons (Fsp3) is 0. The van der Waals surface area contributed by atoms with Gasteiger partial charge >= 0.3 is 14.2 Å². The highest BCUT2D eigenvalue weighted by Gasteiger charge is 2.24. The second-order valence-electron chi connectivity index (χ2n) is 16.5. The Hall–Kier alpha value is -7.71. The molecule has 0 atom stereocenters. The molecule has 6 nitrogen and oxygen atoms in total. The van der Waals surface area contributed by atoms with E-state index in [0.29, 0.717) is 10.9 Å². The van der Waals surface area contributed by atoms with E-state index in [2.05, 4.69) is 161 Å². The first-order chi connectivity index (χ1) is 31.4.